The summed E-state index contributed by atoms with van der Waals surface area (Å²) in [4.78, 5) is 19.4. The van der Waals surface area contributed by atoms with Gasteiger partial charge in [0.15, 0.2) is 0 Å². The van der Waals surface area contributed by atoms with Gasteiger partial charge in [0.2, 0.25) is 5.82 Å². The fourth-order valence-corrected chi connectivity index (χ4v) is 3.30. The van der Waals surface area contributed by atoms with Crippen molar-refractivity contribution in [3.8, 4) is 11.4 Å². The molecule has 2 heterocycles. The molecular weight excluding hydrogens is 378 g/mol. The molecule has 0 unspecified atom stereocenters. The number of carbonyl (C=O) groups excluding carboxylic acids is 1. The van der Waals surface area contributed by atoms with Crippen LogP contribution in [-0.4, -0.2) is 52.2 Å². The second-order valence-corrected chi connectivity index (χ2v) is 8.60. The minimum absolute atomic E-state index is 0.0647. The molecule has 152 valence electrons. The number of carbonyl (C=O) groups is 1. The maximum absolute atomic E-state index is 12.1. The van der Waals surface area contributed by atoms with E-state index in [9.17, 15) is 4.79 Å². The molecule has 7 nitrogen and oxygen atoms in total. The van der Waals surface area contributed by atoms with Crippen LogP contribution in [0.25, 0.3) is 11.4 Å². The van der Waals surface area contributed by atoms with Gasteiger partial charge in [0.1, 0.15) is 12.2 Å². The maximum Gasteiger partial charge on any atom is 0.410 e. The highest BCUT2D eigenvalue weighted by molar-refractivity contribution is 7.98. The molecule has 1 amide bonds. The van der Waals surface area contributed by atoms with Gasteiger partial charge in [-0.2, -0.15) is 4.98 Å². The largest absolute Gasteiger partial charge is 0.444 e. The Morgan fingerprint density at radius 3 is 2.54 bits per heavy atom. The molecule has 2 aromatic rings. The van der Waals surface area contributed by atoms with Gasteiger partial charge >= 0.3 is 6.09 Å². The molecule has 3 rings (SSSR count). The highest BCUT2D eigenvalue weighted by atomic mass is 32.2. The quantitative estimate of drug-likeness (QED) is 0.683. The standard InChI is InChI=1S/C20H27N3O4S/c1-20(2,3)26-19(24)23-11-9-15(10-12-23)25-13-17-21-18(22-27-17)14-5-7-16(28-4)8-6-14/h5-8,15H,9-13H2,1-4H3. The fraction of sp³-hybridized carbons (Fsp3) is 0.550. The van der Waals surface area contributed by atoms with Crippen LogP contribution >= 0.6 is 11.8 Å². The summed E-state index contributed by atoms with van der Waals surface area (Å²) in [5.74, 6) is 1.02. The third-order valence-corrected chi connectivity index (χ3v) is 5.10. The van der Waals surface area contributed by atoms with E-state index in [4.69, 9.17) is 14.0 Å². The maximum atomic E-state index is 12.1. The zero-order valence-corrected chi connectivity index (χ0v) is 17.6. The number of benzene rings is 1. The molecule has 0 aliphatic carbocycles. The van der Waals surface area contributed by atoms with Gasteiger partial charge in [0, 0.05) is 23.5 Å². The second kappa shape index (κ2) is 8.96. The summed E-state index contributed by atoms with van der Waals surface area (Å²) in [5.41, 5.74) is 0.439. The Hall–Kier alpha value is -2.06. The molecule has 1 aromatic heterocycles. The molecule has 0 saturated carbocycles. The summed E-state index contributed by atoms with van der Waals surface area (Å²) in [6, 6.07) is 8.03. The number of piperidine rings is 1. The van der Waals surface area contributed by atoms with Crippen molar-refractivity contribution in [1.29, 1.82) is 0 Å². The average molecular weight is 406 g/mol. The molecule has 0 spiro atoms. The van der Waals surface area contributed by atoms with Crippen LogP contribution < -0.4 is 0 Å². The van der Waals surface area contributed by atoms with E-state index in [2.05, 4.69) is 10.1 Å². The van der Waals surface area contributed by atoms with Crippen LogP contribution in [0.15, 0.2) is 33.7 Å². The van der Waals surface area contributed by atoms with E-state index < -0.39 is 5.60 Å². The molecule has 1 saturated heterocycles. The van der Waals surface area contributed by atoms with Crippen molar-refractivity contribution in [3.63, 3.8) is 0 Å². The van der Waals surface area contributed by atoms with Crippen LogP contribution in [0.2, 0.25) is 0 Å². The SMILES string of the molecule is CSc1ccc(-c2noc(COC3CCN(C(=O)OC(C)(C)C)CC3)n2)cc1. The predicted octanol–water partition coefficient (Wildman–Crippen LogP) is 4.37. The molecule has 8 heteroatoms. The summed E-state index contributed by atoms with van der Waals surface area (Å²) in [6.07, 6.45) is 3.36. The number of hydrogen-bond acceptors (Lipinski definition) is 7. The van der Waals surface area contributed by atoms with Crippen LogP contribution in [0.1, 0.15) is 39.5 Å². The van der Waals surface area contributed by atoms with E-state index in [1.165, 1.54) is 4.90 Å². The van der Waals surface area contributed by atoms with Crippen LogP contribution in [0.4, 0.5) is 4.79 Å². The van der Waals surface area contributed by atoms with E-state index in [0.29, 0.717) is 24.8 Å². The highest BCUT2D eigenvalue weighted by Gasteiger charge is 2.27. The Bertz CT molecular complexity index is 777. The lowest BCUT2D eigenvalue weighted by atomic mass is 10.1. The number of amides is 1. The Morgan fingerprint density at radius 1 is 1.25 bits per heavy atom. The summed E-state index contributed by atoms with van der Waals surface area (Å²) < 4.78 is 16.6. The molecule has 0 atom stereocenters. The molecule has 0 bridgehead atoms. The van der Waals surface area contributed by atoms with Crippen molar-refractivity contribution in [1.82, 2.24) is 15.0 Å². The Morgan fingerprint density at radius 2 is 1.93 bits per heavy atom. The predicted molar refractivity (Wildman–Crippen MR) is 107 cm³/mol. The van der Waals surface area contributed by atoms with Crippen molar-refractivity contribution in [2.75, 3.05) is 19.3 Å². The minimum Gasteiger partial charge on any atom is -0.444 e. The van der Waals surface area contributed by atoms with Gasteiger partial charge in [-0.3, -0.25) is 0 Å². The lowest BCUT2D eigenvalue weighted by Gasteiger charge is -2.33. The minimum atomic E-state index is -0.476. The molecule has 0 N–H and O–H groups in total. The van der Waals surface area contributed by atoms with Gasteiger partial charge < -0.3 is 18.9 Å². The summed E-state index contributed by atoms with van der Waals surface area (Å²) in [5, 5.41) is 4.03. The first-order valence-corrected chi connectivity index (χ1v) is 10.6. The van der Waals surface area contributed by atoms with E-state index in [1.54, 1.807) is 16.7 Å². The lowest BCUT2D eigenvalue weighted by Crippen LogP contribution is -2.43. The second-order valence-electron chi connectivity index (χ2n) is 7.72. The molecule has 1 fully saturated rings. The average Bonchev–Trinajstić information content (AvgIpc) is 3.14. The van der Waals surface area contributed by atoms with Crippen LogP contribution in [0.3, 0.4) is 0 Å². The Labute approximate surface area is 169 Å². The molecule has 1 aromatic carbocycles. The third kappa shape index (κ3) is 5.72. The Balaban J connectivity index is 1.45. The zero-order valence-electron chi connectivity index (χ0n) is 16.8. The normalized spacial score (nSPS) is 15.6. The van der Waals surface area contributed by atoms with Crippen molar-refractivity contribution >= 4 is 17.9 Å². The molecule has 28 heavy (non-hydrogen) atoms. The van der Waals surface area contributed by atoms with Crippen LogP contribution in [0.5, 0.6) is 0 Å². The van der Waals surface area contributed by atoms with Crippen LogP contribution in [0, 0.1) is 0 Å². The van der Waals surface area contributed by atoms with E-state index >= 15 is 0 Å². The molecule has 0 radical (unpaired) electrons. The number of nitrogens with zero attached hydrogens (tertiary/aromatic N) is 3. The first kappa shape index (κ1) is 20.7. The fourth-order valence-electron chi connectivity index (χ4n) is 2.89. The number of aromatic nitrogens is 2. The van der Waals surface area contributed by atoms with Crippen molar-refractivity contribution in [2.24, 2.45) is 0 Å². The summed E-state index contributed by atoms with van der Waals surface area (Å²) in [7, 11) is 0. The Kier molecular flexibility index (Phi) is 6.61. The number of rotatable bonds is 5. The summed E-state index contributed by atoms with van der Waals surface area (Å²) in [6.45, 7) is 7.13. The van der Waals surface area contributed by atoms with Crippen molar-refractivity contribution in [3.05, 3.63) is 30.2 Å². The monoisotopic (exact) mass is 405 g/mol. The van der Waals surface area contributed by atoms with Crippen molar-refractivity contribution < 1.29 is 18.8 Å². The number of hydrogen-bond donors (Lipinski definition) is 0. The first-order chi connectivity index (χ1) is 13.3. The van der Waals surface area contributed by atoms with E-state index in [1.807, 2.05) is 51.3 Å². The van der Waals surface area contributed by atoms with Gasteiger partial charge in [-0.05, 0) is 64.1 Å². The van der Waals surface area contributed by atoms with Crippen LogP contribution in [-0.2, 0) is 16.1 Å². The van der Waals surface area contributed by atoms with Gasteiger partial charge in [0.05, 0.1) is 6.10 Å². The van der Waals surface area contributed by atoms with Crippen molar-refractivity contribution in [2.45, 2.75) is 56.8 Å². The first-order valence-electron chi connectivity index (χ1n) is 9.40. The smallest absolute Gasteiger partial charge is 0.410 e. The van der Waals surface area contributed by atoms with E-state index in [-0.39, 0.29) is 18.8 Å². The zero-order chi connectivity index (χ0) is 20.1. The van der Waals surface area contributed by atoms with E-state index in [0.717, 1.165) is 18.4 Å². The molecule has 1 aliphatic heterocycles. The topological polar surface area (TPSA) is 77.7 Å². The lowest BCUT2D eigenvalue weighted by molar-refractivity contribution is -0.0231. The van der Waals surface area contributed by atoms with Gasteiger partial charge in [-0.15, -0.1) is 11.8 Å². The molecule has 1 aliphatic rings. The third-order valence-electron chi connectivity index (χ3n) is 4.35. The molecular formula is C20H27N3O4S. The number of ether oxygens (including phenoxy) is 2. The highest BCUT2D eigenvalue weighted by Crippen LogP contribution is 2.22. The van der Waals surface area contributed by atoms with Gasteiger partial charge in [0.25, 0.3) is 5.89 Å². The van der Waals surface area contributed by atoms with Gasteiger partial charge in [-0.25, -0.2) is 4.79 Å². The number of likely N-dealkylation sites (tertiary alicyclic amines) is 1. The summed E-state index contributed by atoms with van der Waals surface area (Å²) >= 11 is 1.69. The van der Waals surface area contributed by atoms with Gasteiger partial charge in [-0.1, -0.05) is 5.16 Å². The number of thioether (sulfide) groups is 1.